The van der Waals surface area contributed by atoms with E-state index in [9.17, 15) is 0 Å². The molecule has 4 saturated heterocycles. The predicted molar refractivity (Wildman–Crippen MR) is 67.1 cm³/mol. The fourth-order valence-electron chi connectivity index (χ4n) is 4.48. The molecule has 3 nitrogen and oxygen atoms in total. The minimum absolute atomic E-state index is 0.579. The van der Waals surface area contributed by atoms with E-state index in [4.69, 9.17) is 4.74 Å². The zero-order valence-corrected chi connectivity index (χ0v) is 10.7. The Labute approximate surface area is 104 Å². The highest BCUT2D eigenvalue weighted by Crippen LogP contribution is 2.38. The van der Waals surface area contributed by atoms with Crippen molar-refractivity contribution in [2.24, 2.45) is 0 Å². The van der Waals surface area contributed by atoms with Gasteiger partial charge in [-0.15, -0.1) is 0 Å². The van der Waals surface area contributed by atoms with Crippen molar-refractivity contribution in [3.05, 3.63) is 0 Å². The van der Waals surface area contributed by atoms with Gasteiger partial charge in [-0.25, -0.2) is 0 Å². The first-order chi connectivity index (χ1) is 8.40. The third kappa shape index (κ3) is 1.83. The predicted octanol–water partition coefficient (Wildman–Crippen LogP) is 1.48. The molecule has 3 heteroatoms. The van der Waals surface area contributed by atoms with Crippen LogP contribution in [-0.4, -0.2) is 60.3 Å². The summed E-state index contributed by atoms with van der Waals surface area (Å²) >= 11 is 0. The highest BCUT2D eigenvalue weighted by atomic mass is 16.5. The van der Waals surface area contributed by atoms with Crippen LogP contribution in [0.15, 0.2) is 0 Å². The van der Waals surface area contributed by atoms with Crippen LogP contribution in [-0.2, 0) is 4.74 Å². The number of nitrogens with zero attached hydrogens (tertiary/aromatic N) is 2. The minimum Gasteiger partial charge on any atom is -0.373 e. The summed E-state index contributed by atoms with van der Waals surface area (Å²) in [5.74, 6) is 0. The molecule has 4 heterocycles. The largest absolute Gasteiger partial charge is 0.373 e. The van der Waals surface area contributed by atoms with Crippen LogP contribution >= 0.6 is 0 Å². The molecule has 4 fully saturated rings. The number of ether oxygens (including phenoxy) is 1. The van der Waals surface area contributed by atoms with Crippen molar-refractivity contribution in [2.75, 3.05) is 26.2 Å². The van der Waals surface area contributed by atoms with Gasteiger partial charge in [-0.3, -0.25) is 9.80 Å². The Kier molecular flexibility index (Phi) is 2.67. The number of fused-ring (bicyclic) bond motifs is 3. The molecule has 0 spiro atoms. The average molecular weight is 236 g/mol. The van der Waals surface area contributed by atoms with Gasteiger partial charge in [0.1, 0.15) is 0 Å². The van der Waals surface area contributed by atoms with Gasteiger partial charge in [0.25, 0.3) is 0 Å². The first kappa shape index (κ1) is 10.8. The minimum atomic E-state index is 0.579. The fraction of sp³-hybridized carbons (Fsp3) is 1.00. The smallest absolute Gasteiger partial charge is 0.0735 e. The monoisotopic (exact) mass is 236 g/mol. The van der Waals surface area contributed by atoms with Crippen LogP contribution in [0.5, 0.6) is 0 Å². The number of hydrogen-bond donors (Lipinski definition) is 0. The number of rotatable bonds is 1. The standard InChI is InChI=1S/C14H24N2O/c1-2-6-15-7-8-16(10-11(15)3-1)13-9-12-4-5-14(13)17-12/h11-14H,1-10H2. The summed E-state index contributed by atoms with van der Waals surface area (Å²) in [5, 5.41) is 0. The van der Waals surface area contributed by atoms with Gasteiger partial charge in [-0.2, -0.15) is 0 Å². The van der Waals surface area contributed by atoms with Crippen LogP contribution < -0.4 is 0 Å². The van der Waals surface area contributed by atoms with Crippen molar-refractivity contribution in [3.8, 4) is 0 Å². The Morgan fingerprint density at radius 3 is 2.65 bits per heavy atom. The molecule has 4 aliphatic rings. The van der Waals surface area contributed by atoms with E-state index in [0.29, 0.717) is 12.2 Å². The Hall–Kier alpha value is -0.120. The maximum absolute atomic E-state index is 6.02. The van der Waals surface area contributed by atoms with Crippen molar-refractivity contribution >= 4 is 0 Å². The maximum atomic E-state index is 6.02. The Bertz CT molecular complexity index is 296. The Balaban J connectivity index is 1.42. The molecule has 96 valence electrons. The lowest BCUT2D eigenvalue weighted by Crippen LogP contribution is -2.58. The normalized spacial score (nSPS) is 47.3. The molecule has 0 N–H and O–H groups in total. The van der Waals surface area contributed by atoms with E-state index in [2.05, 4.69) is 9.80 Å². The van der Waals surface area contributed by atoms with E-state index in [1.807, 2.05) is 0 Å². The van der Waals surface area contributed by atoms with Crippen molar-refractivity contribution in [2.45, 2.75) is 62.8 Å². The van der Waals surface area contributed by atoms with E-state index in [1.54, 1.807) is 0 Å². The number of piperidine rings is 1. The molecule has 4 unspecified atom stereocenters. The quantitative estimate of drug-likeness (QED) is 0.686. The van der Waals surface area contributed by atoms with Crippen LogP contribution in [0.3, 0.4) is 0 Å². The zero-order chi connectivity index (χ0) is 11.2. The lowest BCUT2D eigenvalue weighted by atomic mass is 9.91. The molecular weight excluding hydrogens is 212 g/mol. The molecule has 2 bridgehead atoms. The molecular formula is C14H24N2O. The summed E-state index contributed by atoms with van der Waals surface area (Å²) < 4.78 is 6.02. The average Bonchev–Trinajstić information content (AvgIpc) is 3.00. The molecule has 0 aromatic heterocycles. The fourth-order valence-corrected chi connectivity index (χ4v) is 4.48. The number of hydrogen-bond acceptors (Lipinski definition) is 3. The van der Waals surface area contributed by atoms with Crippen LogP contribution in [0.1, 0.15) is 38.5 Å². The second kappa shape index (κ2) is 4.22. The Morgan fingerprint density at radius 1 is 0.882 bits per heavy atom. The second-order valence-corrected chi connectivity index (χ2v) is 6.36. The second-order valence-electron chi connectivity index (χ2n) is 6.36. The van der Waals surface area contributed by atoms with Crippen LogP contribution in [0.2, 0.25) is 0 Å². The summed E-state index contributed by atoms with van der Waals surface area (Å²) in [6.07, 6.45) is 9.44. The van der Waals surface area contributed by atoms with Crippen molar-refractivity contribution in [1.29, 1.82) is 0 Å². The van der Waals surface area contributed by atoms with E-state index < -0.39 is 0 Å². The lowest BCUT2D eigenvalue weighted by molar-refractivity contribution is 0.00560. The van der Waals surface area contributed by atoms with E-state index in [0.717, 1.165) is 12.1 Å². The Morgan fingerprint density at radius 2 is 1.82 bits per heavy atom. The summed E-state index contributed by atoms with van der Waals surface area (Å²) in [5.41, 5.74) is 0. The van der Waals surface area contributed by atoms with Gasteiger partial charge >= 0.3 is 0 Å². The number of piperazine rings is 1. The lowest BCUT2D eigenvalue weighted by Gasteiger charge is -2.46. The van der Waals surface area contributed by atoms with E-state index >= 15 is 0 Å². The van der Waals surface area contributed by atoms with Gasteiger partial charge in [0, 0.05) is 31.7 Å². The summed E-state index contributed by atoms with van der Waals surface area (Å²) in [6, 6.07) is 1.62. The van der Waals surface area contributed by atoms with E-state index in [1.165, 1.54) is 64.7 Å². The first-order valence-corrected chi connectivity index (χ1v) is 7.54. The van der Waals surface area contributed by atoms with Gasteiger partial charge in [0.05, 0.1) is 12.2 Å². The van der Waals surface area contributed by atoms with Gasteiger partial charge < -0.3 is 4.74 Å². The summed E-state index contributed by atoms with van der Waals surface area (Å²) in [7, 11) is 0. The van der Waals surface area contributed by atoms with Crippen LogP contribution in [0.25, 0.3) is 0 Å². The molecule has 0 aliphatic carbocycles. The van der Waals surface area contributed by atoms with Gasteiger partial charge in [0.2, 0.25) is 0 Å². The molecule has 0 radical (unpaired) electrons. The third-order valence-electron chi connectivity index (χ3n) is 5.41. The molecule has 4 atom stereocenters. The molecule has 4 aliphatic heterocycles. The van der Waals surface area contributed by atoms with Crippen LogP contribution in [0, 0.1) is 0 Å². The SMILES string of the molecule is C1CCN2CCN(C3CC4CCC3O4)CC2C1. The topological polar surface area (TPSA) is 15.7 Å². The zero-order valence-electron chi connectivity index (χ0n) is 10.7. The van der Waals surface area contributed by atoms with Gasteiger partial charge in [-0.05, 0) is 38.6 Å². The molecule has 0 aromatic carbocycles. The highest BCUT2D eigenvalue weighted by molar-refractivity contribution is 4.98. The summed E-state index contributed by atoms with van der Waals surface area (Å²) in [4.78, 5) is 5.49. The molecule has 0 amide bonds. The highest BCUT2D eigenvalue weighted by Gasteiger charge is 2.45. The molecule has 4 rings (SSSR count). The van der Waals surface area contributed by atoms with Crippen molar-refractivity contribution in [1.82, 2.24) is 9.80 Å². The van der Waals surface area contributed by atoms with Crippen LogP contribution in [0.4, 0.5) is 0 Å². The molecule has 17 heavy (non-hydrogen) atoms. The molecule has 0 aromatic rings. The summed E-state index contributed by atoms with van der Waals surface area (Å²) in [6.45, 7) is 5.26. The van der Waals surface area contributed by atoms with Gasteiger partial charge in [-0.1, -0.05) is 6.42 Å². The maximum Gasteiger partial charge on any atom is 0.0735 e. The first-order valence-electron chi connectivity index (χ1n) is 7.54. The van der Waals surface area contributed by atoms with E-state index in [-0.39, 0.29) is 0 Å². The van der Waals surface area contributed by atoms with Crippen molar-refractivity contribution < 1.29 is 4.74 Å². The van der Waals surface area contributed by atoms with Gasteiger partial charge in [0.15, 0.2) is 0 Å². The van der Waals surface area contributed by atoms with Crippen molar-refractivity contribution in [3.63, 3.8) is 0 Å². The third-order valence-corrected chi connectivity index (χ3v) is 5.41. The molecule has 0 saturated carbocycles.